The Morgan fingerprint density at radius 3 is 2.27 bits per heavy atom. The summed E-state index contributed by atoms with van der Waals surface area (Å²) in [5.74, 6) is 6.57. The minimum atomic E-state index is -1.26. The fourth-order valence-electron chi connectivity index (χ4n) is 5.56. The molecule has 0 radical (unpaired) electrons. The number of benzene rings is 1. The van der Waals surface area contributed by atoms with Crippen molar-refractivity contribution in [3.63, 3.8) is 0 Å². The van der Waals surface area contributed by atoms with Crippen LogP contribution in [0.15, 0.2) is 30.3 Å². The van der Waals surface area contributed by atoms with Gasteiger partial charge in [-0.05, 0) is 45.3 Å². The number of likely N-dealkylation sites (N-methyl/N-ethyl adjacent to an activating group) is 2. The van der Waals surface area contributed by atoms with E-state index in [4.69, 9.17) is 6.42 Å². The van der Waals surface area contributed by atoms with Crippen LogP contribution in [-0.4, -0.2) is 96.3 Å². The van der Waals surface area contributed by atoms with E-state index in [-0.39, 0.29) is 25.2 Å². The topological polar surface area (TPSA) is 122 Å². The Morgan fingerprint density at radius 1 is 0.977 bits per heavy atom. The largest absolute Gasteiger partial charge is 0.389 e. The predicted molar refractivity (Wildman–Crippen MR) is 173 cm³/mol. The molecule has 242 valence electrons. The highest BCUT2D eigenvalue weighted by molar-refractivity contribution is 5.91. The number of amides is 3. The standard InChI is InChI=1S/C35H52N4O5/c1-6-8-20-29(35(44)37-30(33(42)31(40)15-7-2)24-27-18-13-10-14-19-27)36-34(43)28(23-26-16-11-9-12-17-26)25-32(41)39(5)22-21-38(3)4/h2,9,11-12,16-17,27-31,33,40,42H,10,13-15,18-25H2,1,3-5H3,(H,36,43)(H,37,44)/t28?,29-,30?,31?,33+/m0/s1. The summed E-state index contributed by atoms with van der Waals surface area (Å²) in [7, 11) is 5.59. The summed E-state index contributed by atoms with van der Waals surface area (Å²) in [5, 5.41) is 27.3. The first-order chi connectivity index (χ1) is 21.0. The lowest BCUT2D eigenvalue weighted by Gasteiger charge is -2.33. The van der Waals surface area contributed by atoms with Gasteiger partial charge in [0.15, 0.2) is 0 Å². The zero-order chi connectivity index (χ0) is 32.5. The van der Waals surface area contributed by atoms with Crippen LogP contribution in [0, 0.1) is 36.0 Å². The fourth-order valence-corrected chi connectivity index (χ4v) is 5.56. The molecule has 1 saturated carbocycles. The molecule has 1 aliphatic rings. The van der Waals surface area contributed by atoms with Crippen LogP contribution in [0.4, 0.5) is 0 Å². The van der Waals surface area contributed by atoms with Gasteiger partial charge in [-0.15, -0.1) is 24.2 Å². The molecule has 5 atom stereocenters. The Labute approximate surface area is 264 Å². The minimum Gasteiger partial charge on any atom is -0.389 e. The van der Waals surface area contributed by atoms with Crippen molar-refractivity contribution in [1.82, 2.24) is 20.4 Å². The van der Waals surface area contributed by atoms with E-state index in [1.54, 1.807) is 18.9 Å². The lowest BCUT2D eigenvalue weighted by Crippen LogP contribution is -2.55. The Balaban J connectivity index is 2.24. The van der Waals surface area contributed by atoms with Crippen LogP contribution in [0.3, 0.4) is 0 Å². The second-order valence-electron chi connectivity index (χ2n) is 12.2. The normalized spacial score (nSPS) is 16.8. The highest BCUT2D eigenvalue weighted by Crippen LogP contribution is 2.28. The van der Waals surface area contributed by atoms with Crippen molar-refractivity contribution < 1.29 is 24.6 Å². The number of aliphatic hydroxyl groups excluding tert-OH is 2. The first-order valence-corrected chi connectivity index (χ1v) is 15.8. The van der Waals surface area contributed by atoms with Gasteiger partial charge in [0.25, 0.3) is 0 Å². The molecule has 1 fully saturated rings. The number of rotatable bonds is 17. The Morgan fingerprint density at radius 2 is 1.66 bits per heavy atom. The van der Waals surface area contributed by atoms with Gasteiger partial charge in [-0.3, -0.25) is 14.4 Å². The van der Waals surface area contributed by atoms with Crippen LogP contribution in [-0.2, 0) is 20.8 Å². The molecular formula is C35H52N4O5. The predicted octanol–water partition coefficient (Wildman–Crippen LogP) is 2.35. The second-order valence-corrected chi connectivity index (χ2v) is 12.2. The molecule has 0 aromatic heterocycles. The molecule has 3 amide bonds. The number of terminal acetylenes is 1. The molecule has 0 aliphatic heterocycles. The van der Waals surface area contributed by atoms with E-state index < -0.39 is 42.0 Å². The van der Waals surface area contributed by atoms with Gasteiger partial charge in [-0.1, -0.05) is 62.4 Å². The maximum Gasteiger partial charge on any atom is 0.243 e. The molecule has 4 N–H and O–H groups in total. The molecular weight excluding hydrogens is 556 g/mol. The van der Waals surface area contributed by atoms with Gasteiger partial charge in [-0.2, -0.15) is 0 Å². The third-order valence-electron chi connectivity index (χ3n) is 8.31. The molecule has 0 spiro atoms. The highest BCUT2D eigenvalue weighted by Gasteiger charge is 2.33. The number of nitrogens with one attached hydrogen (secondary N) is 2. The number of hydrogen-bond donors (Lipinski definition) is 4. The van der Waals surface area contributed by atoms with Gasteiger partial charge in [0.1, 0.15) is 12.1 Å². The highest BCUT2D eigenvalue weighted by atomic mass is 16.3. The van der Waals surface area contributed by atoms with Crippen LogP contribution in [0.5, 0.6) is 0 Å². The zero-order valence-corrected chi connectivity index (χ0v) is 26.9. The van der Waals surface area contributed by atoms with Crippen molar-refractivity contribution in [3.05, 3.63) is 35.9 Å². The average molecular weight is 609 g/mol. The van der Waals surface area contributed by atoms with Gasteiger partial charge in [-0.25, -0.2) is 0 Å². The Bertz CT molecular complexity index is 1130. The molecule has 1 aliphatic carbocycles. The molecule has 2 rings (SSSR count). The zero-order valence-electron chi connectivity index (χ0n) is 26.9. The summed E-state index contributed by atoms with van der Waals surface area (Å²) >= 11 is 0. The second kappa shape index (κ2) is 19.8. The first kappa shape index (κ1) is 36.8. The SMILES string of the molecule is C#CCC(O)[C@H](O)C(CC1CCCCC1)NC(=O)[C@H](CC#CC)NC(=O)C(CC(=O)N(C)CCN(C)C)Cc1ccccc1. The maximum atomic E-state index is 13.7. The average Bonchev–Trinajstić information content (AvgIpc) is 3.01. The third-order valence-corrected chi connectivity index (χ3v) is 8.31. The minimum absolute atomic E-state index is 0.0141. The molecule has 9 heteroatoms. The van der Waals surface area contributed by atoms with Gasteiger partial charge in [0.05, 0.1) is 18.1 Å². The monoisotopic (exact) mass is 608 g/mol. The number of nitrogens with zero attached hydrogens (tertiary/aromatic N) is 2. The van der Waals surface area contributed by atoms with E-state index in [0.29, 0.717) is 31.8 Å². The number of hydrogen-bond acceptors (Lipinski definition) is 6. The van der Waals surface area contributed by atoms with Gasteiger partial charge in [0.2, 0.25) is 17.7 Å². The van der Waals surface area contributed by atoms with E-state index in [1.807, 2.05) is 49.3 Å². The van der Waals surface area contributed by atoms with Crippen LogP contribution in [0.25, 0.3) is 0 Å². The van der Waals surface area contributed by atoms with Crippen molar-refractivity contribution in [2.75, 3.05) is 34.2 Å². The summed E-state index contributed by atoms with van der Waals surface area (Å²) in [6, 6.07) is 7.72. The summed E-state index contributed by atoms with van der Waals surface area (Å²) < 4.78 is 0. The summed E-state index contributed by atoms with van der Waals surface area (Å²) in [6.07, 6.45) is 9.08. The lowest BCUT2D eigenvalue weighted by molar-refractivity contribution is -0.136. The van der Waals surface area contributed by atoms with Crippen molar-refractivity contribution in [2.24, 2.45) is 11.8 Å². The summed E-state index contributed by atoms with van der Waals surface area (Å²) in [4.78, 5) is 44.2. The van der Waals surface area contributed by atoms with E-state index in [9.17, 15) is 24.6 Å². The molecule has 3 unspecified atom stereocenters. The van der Waals surface area contributed by atoms with Gasteiger partial charge < -0.3 is 30.6 Å². The molecule has 1 aromatic carbocycles. The fraction of sp³-hybridized carbons (Fsp3) is 0.629. The summed E-state index contributed by atoms with van der Waals surface area (Å²) in [5.41, 5.74) is 0.906. The molecule has 0 saturated heterocycles. The van der Waals surface area contributed by atoms with Crippen molar-refractivity contribution >= 4 is 17.7 Å². The van der Waals surface area contributed by atoms with Crippen LogP contribution in [0.1, 0.15) is 70.3 Å². The summed E-state index contributed by atoms with van der Waals surface area (Å²) in [6.45, 7) is 2.88. The van der Waals surface area contributed by atoms with E-state index in [1.165, 1.54) is 0 Å². The molecule has 0 heterocycles. The molecule has 0 bridgehead atoms. The number of carbonyl (C=O) groups is 3. The maximum absolute atomic E-state index is 13.7. The first-order valence-electron chi connectivity index (χ1n) is 15.8. The Hall–Kier alpha value is -3.37. The quantitative estimate of drug-likeness (QED) is 0.202. The Kier molecular flexibility index (Phi) is 16.6. The molecule has 1 aromatic rings. The smallest absolute Gasteiger partial charge is 0.243 e. The lowest BCUT2D eigenvalue weighted by atomic mass is 9.82. The van der Waals surface area contributed by atoms with Crippen LogP contribution < -0.4 is 10.6 Å². The molecule has 9 nitrogen and oxygen atoms in total. The van der Waals surface area contributed by atoms with Crippen LogP contribution >= 0.6 is 0 Å². The van der Waals surface area contributed by atoms with Crippen molar-refractivity contribution in [3.8, 4) is 24.2 Å². The van der Waals surface area contributed by atoms with E-state index in [2.05, 4.69) is 28.4 Å². The third kappa shape index (κ3) is 13.1. The van der Waals surface area contributed by atoms with Crippen molar-refractivity contribution in [1.29, 1.82) is 0 Å². The number of carbonyl (C=O) groups excluding carboxylic acids is 3. The number of aliphatic hydroxyl groups is 2. The van der Waals surface area contributed by atoms with Crippen LogP contribution in [0.2, 0.25) is 0 Å². The van der Waals surface area contributed by atoms with E-state index >= 15 is 0 Å². The van der Waals surface area contributed by atoms with Gasteiger partial charge >= 0.3 is 0 Å². The molecule has 44 heavy (non-hydrogen) atoms. The van der Waals surface area contributed by atoms with Crippen molar-refractivity contribution in [2.45, 2.75) is 95.4 Å². The van der Waals surface area contributed by atoms with Gasteiger partial charge in [0, 0.05) is 39.4 Å². The van der Waals surface area contributed by atoms with E-state index in [0.717, 1.165) is 37.7 Å².